The van der Waals surface area contributed by atoms with Crippen LogP contribution in [0.4, 0.5) is 0 Å². The fourth-order valence-corrected chi connectivity index (χ4v) is 0.774. The Labute approximate surface area is 81.1 Å². The summed E-state index contributed by atoms with van der Waals surface area (Å²) in [5.74, 6) is 2.50. The van der Waals surface area contributed by atoms with Crippen molar-refractivity contribution < 1.29 is 0 Å². The van der Waals surface area contributed by atoms with Gasteiger partial charge in [-0.15, -0.1) is 6.42 Å². The van der Waals surface area contributed by atoms with E-state index in [-0.39, 0.29) is 5.54 Å². The lowest BCUT2D eigenvalue weighted by molar-refractivity contribution is 0.447. The van der Waals surface area contributed by atoms with Gasteiger partial charge in [0.25, 0.3) is 0 Å². The third-order valence-electron chi connectivity index (χ3n) is 1.39. The predicted octanol–water partition coefficient (Wildman–Crippen LogP) is 1.63. The molecule has 0 bridgehead atoms. The fraction of sp³-hybridized carbons (Fsp3) is 0.545. The van der Waals surface area contributed by atoms with E-state index in [9.17, 15) is 0 Å². The molecule has 0 heterocycles. The van der Waals surface area contributed by atoms with Crippen molar-refractivity contribution in [2.45, 2.75) is 26.3 Å². The van der Waals surface area contributed by atoms with E-state index < -0.39 is 0 Å². The van der Waals surface area contributed by atoms with Crippen molar-refractivity contribution in [3.05, 3.63) is 11.6 Å². The van der Waals surface area contributed by atoms with Crippen molar-refractivity contribution in [1.82, 2.24) is 5.32 Å². The van der Waals surface area contributed by atoms with Gasteiger partial charge in [0.15, 0.2) is 0 Å². The van der Waals surface area contributed by atoms with Gasteiger partial charge >= 0.3 is 0 Å². The summed E-state index contributed by atoms with van der Waals surface area (Å²) in [6, 6.07) is 0. The second kappa shape index (κ2) is 5.55. The number of nitrogens with one attached hydrogen (secondary N) is 1. The van der Waals surface area contributed by atoms with Gasteiger partial charge in [-0.2, -0.15) is 0 Å². The molecule has 0 aromatic heterocycles. The van der Waals surface area contributed by atoms with Gasteiger partial charge in [-0.05, 0) is 32.4 Å². The van der Waals surface area contributed by atoms with E-state index >= 15 is 0 Å². The molecule has 0 saturated heterocycles. The maximum atomic E-state index is 5.18. The average molecular weight is 178 g/mol. The Hall–Kier alpha value is -1.07. The van der Waals surface area contributed by atoms with Crippen molar-refractivity contribution in [1.29, 1.82) is 0 Å². The highest BCUT2D eigenvalue weighted by Crippen LogP contribution is 1.99. The van der Waals surface area contributed by atoms with E-state index in [1.807, 2.05) is 0 Å². The number of rotatable bonds is 3. The van der Waals surface area contributed by atoms with Gasteiger partial charge in [0, 0.05) is 25.3 Å². The summed E-state index contributed by atoms with van der Waals surface area (Å²) in [5, 5.41) is 3.34. The van der Waals surface area contributed by atoms with Crippen molar-refractivity contribution in [2.75, 3.05) is 13.6 Å². The molecular formula is C11H18N2. The summed E-state index contributed by atoms with van der Waals surface area (Å²) >= 11 is 0. The van der Waals surface area contributed by atoms with E-state index in [1.165, 1.54) is 0 Å². The molecule has 0 aliphatic rings. The molecule has 0 unspecified atom stereocenters. The van der Waals surface area contributed by atoms with Crippen molar-refractivity contribution in [2.24, 2.45) is 4.99 Å². The second-order valence-corrected chi connectivity index (χ2v) is 3.88. The lowest BCUT2D eigenvalue weighted by Crippen LogP contribution is -2.37. The van der Waals surface area contributed by atoms with Gasteiger partial charge in [0.1, 0.15) is 0 Å². The van der Waals surface area contributed by atoms with Crippen LogP contribution >= 0.6 is 0 Å². The predicted molar refractivity (Wildman–Crippen MR) is 59.1 cm³/mol. The number of hydrogen-bond donors (Lipinski definition) is 1. The Bertz CT molecular complexity index is 236. The van der Waals surface area contributed by atoms with Gasteiger partial charge in [-0.25, -0.2) is 0 Å². The first kappa shape index (κ1) is 11.9. The summed E-state index contributed by atoms with van der Waals surface area (Å²) < 4.78 is 0. The first-order valence-corrected chi connectivity index (χ1v) is 4.32. The van der Waals surface area contributed by atoms with Crippen LogP contribution in [0.1, 0.15) is 20.8 Å². The van der Waals surface area contributed by atoms with E-state index in [2.05, 4.69) is 37.0 Å². The molecule has 72 valence electrons. The SMILES string of the molecule is C#C/C=C(\C=NC)CNC(C)(C)C. The summed E-state index contributed by atoms with van der Waals surface area (Å²) in [7, 11) is 1.74. The third kappa shape index (κ3) is 7.30. The van der Waals surface area contributed by atoms with Gasteiger partial charge in [0.2, 0.25) is 0 Å². The lowest BCUT2D eigenvalue weighted by atomic mass is 10.1. The topological polar surface area (TPSA) is 24.4 Å². The van der Waals surface area contributed by atoms with Crippen LogP contribution in [0.15, 0.2) is 16.6 Å². The number of hydrogen-bond acceptors (Lipinski definition) is 2. The first-order chi connectivity index (χ1) is 5.99. The molecule has 0 spiro atoms. The maximum Gasteiger partial charge on any atom is 0.0277 e. The molecule has 1 N–H and O–H groups in total. The molecule has 0 atom stereocenters. The molecule has 0 saturated carbocycles. The molecule has 13 heavy (non-hydrogen) atoms. The Morgan fingerprint density at radius 2 is 2.15 bits per heavy atom. The number of nitrogens with zero attached hydrogens (tertiary/aromatic N) is 1. The summed E-state index contributed by atoms with van der Waals surface area (Å²) in [4.78, 5) is 3.93. The minimum Gasteiger partial charge on any atom is -0.308 e. The van der Waals surface area contributed by atoms with Crippen molar-refractivity contribution in [3.63, 3.8) is 0 Å². The molecule has 0 radical (unpaired) electrons. The Morgan fingerprint density at radius 1 is 1.54 bits per heavy atom. The van der Waals surface area contributed by atoms with Crippen LogP contribution in [-0.4, -0.2) is 25.3 Å². The fourth-order valence-electron chi connectivity index (χ4n) is 0.774. The van der Waals surface area contributed by atoms with Gasteiger partial charge in [-0.1, -0.05) is 5.92 Å². The molecule has 0 aromatic carbocycles. The molecule has 0 rings (SSSR count). The van der Waals surface area contributed by atoms with Crippen LogP contribution in [0.25, 0.3) is 0 Å². The molecule has 0 fully saturated rings. The molecule has 2 heteroatoms. The van der Waals surface area contributed by atoms with Gasteiger partial charge < -0.3 is 5.32 Å². The minimum atomic E-state index is 0.106. The average Bonchev–Trinajstić information content (AvgIpc) is 2.00. The van der Waals surface area contributed by atoms with Crippen LogP contribution in [0.2, 0.25) is 0 Å². The largest absolute Gasteiger partial charge is 0.308 e. The summed E-state index contributed by atoms with van der Waals surface area (Å²) in [6.07, 6.45) is 8.69. The zero-order valence-electron chi connectivity index (χ0n) is 8.89. The van der Waals surface area contributed by atoms with Crippen molar-refractivity contribution in [3.8, 4) is 12.3 Å². The Kier molecular flexibility index (Phi) is 5.10. The maximum absolute atomic E-state index is 5.18. The van der Waals surface area contributed by atoms with E-state index in [0.717, 1.165) is 12.1 Å². The normalized spacial score (nSPS) is 13.3. The second-order valence-electron chi connectivity index (χ2n) is 3.88. The van der Waals surface area contributed by atoms with Crippen LogP contribution in [-0.2, 0) is 0 Å². The monoisotopic (exact) mass is 178 g/mol. The molecule has 2 nitrogen and oxygen atoms in total. The quantitative estimate of drug-likeness (QED) is 0.515. The summed E-state index contributed by atoms with van der Waals surface area (Å²) in [6.45, 7) is 7.10. The van der Waals surface area contributed by atoms with Gasteiger partial charge in [0.05, 0.1) is 0 Å². The van der Waals surface area contributed by atoms with Crippen LogP contribution < -0.4 is 5.32 Å². The standard InChI is InChI=1S/C11H18N2/c1-6-7-10(8-12-5)9-13-11(2,3)4/h1,7-8,13H,9H2,2-5H3/b10-7+,12-8?. The van der Waals surface area contributed by atoms with Crippen LogP contribution in [0.5, 0.6) is 0 Å². The highest BCUT2D eigenvalue weighted by atomic mass is 14.9. The molecule has 0 amide bonds. The van der Waals surface area contributed by atoms with Crippen LogP contribution in [0.3, 0.4) is 0 Å². The van der Waals surface area contributed by atoms with Crippen molar-refractivity contribution >= 4 is 6.21 Å². The van der Waals surface area contributed by atoms with E-state index in [1.54, 1.807) is 19.3 Å². The lowest BCUT2D eigenvalue weighted by Gasteiger charge is -2.20. The molecule has 0 aromatic rings. The highest BCUT2D eigenvalue weighted by molar-refractivity contribution is 5.79. The number of allylic oxidation sites excluding steroid dienone is 1. The molecule has 0 aliphatic heterocycles. The minimum absolute atomic E-state index is 0.106. The third-order valence-corrected chi connectivity index (χ3v) is 1.39. The van der Waals surface area contributed by atoms with E-state index in [0.29, 0.717) is 0 Å². The highest BCUT2D eigenvalue weighted by Gasteiger charge is 2.08. The van der Waals surface area contributed by atoms with Gasteiger partial charge in [-0.3, -0.25) is 4.99 Å². The Morgan fingerprint density at radius 3 is 2.54 bits per heavy atom. The molecular weight excluding hydrogens is 160 g/mol. The van der Waals surface area contributed by atoms with E-state index in [4.69, 9.17) is 6.42 Å². The zero-order valence-corrected chi connectivity index (χ0v) is 8.89. The first-order valence-electron chi connectivity index (χ1n) is 4.32. The summed E-state index contributed by atoms with van der Waals surface area (Å²) in [5.41, 5.74) is 1.13. The Balaban J connectivity index is 4.16. The smallest absolute Gasteiger partial charge is 0.0277 e. The number of aliphatic imine (C=N–C) groups is 1. The zero-order chi connectivity index (χ0) is 10.3. The molecule has 0 aliphatic carbocycles. The number of terminal acetylenes is 1. The van der Waals surface area contributed by atoms with Crippen LogP contribution in [0, 0.1) is 12.3 Å².